The molecule has 0 amide bonds. The van der Waals surface area contributed by atoms with Crippen LogP contribution in [0.4, 0.5) is 0 Å². The molecule has 1 aromatic heterocycles. The number of fused-ring (bicyclic) bond motifs is 1. The Morgan fingerprint density at radius 3 is 2.23 bits per heavy atom. The topological polar surface area (TPSA) is 128 Å². The number of aromatic amines is 1. The minimum absolute atomic E-state index is 0.0741. The van der Waals surface area contributed by atoms with Crippen LogP contribution in [0.25, 0.3) is 23.2 Å². The lowest BCUT2D eigenvalue weighted by atomic mass is 10.2. The number of methoxy groups -OCH3 is 3. The van der Waals surface area contributed by atoms with E-state index in [0.29, 0.717) is 28.4 Å². The fraction of sp³-hybridized carbons (Fsp3) is 0.120. The molecule has 4 aromatic rings. The third kappa shape index (κ3) is 6.46. The highest BCUT2D eigenvalue weighted by molar-refractivity contribution is 7.85. The minimum atomic E-state index is -4.00. The maximum Gasteiger partial charge on any atom is 0.340 e. The number of nitrogens with one attached hydrogen (secondary N) is 1. The van der Waals surface area contributed by atoms with E-state index in [0.717, 1.165) is 11.1 Å². The summed E-state index contributed by atoms with van der Waals surface area (Å²) in [6.45, 7) is 0. The number of hydrogen-bond acceptors (Lipinski definition) is 7. The number of rotatable bonds is 6. The molecular formula is C25H24N2O7S. The molecule has 0 aliphatic heterocycles. The average molecular weight is 497 g/mol. The highest BCUT2D eigenvalue weighted by Crippen LogP contribution is 2.28. The summed E-state index contributed by atoms with van der Waals surface area (Å²) in [5.41, 5.74) is 2.73. The number of esters is 1. The van der Waals surface area contributed by atoms with Crippen LogP contribution in [0.15, 0.2) is 71.6 Å². The van der Waals surface area contributed by atoms with E-state index in [1.54, 1.807) is 44.6 Å². The van der Waals surface area contributed by atoms with Crippen LogP contribution in [-0.4, -0.2) is 50.2 Å². The van der Waals surface area contributed by atoms with Gasteiger partial charge in [0.1, 0.15) is 11.3 Å². The second kappa shape index (κ2) is 11.3. The molecule has 0 saturated carbocycles. The van der Waals surface area contributed by atoms with Crippen LogP contribution >= 0.6 is 0 Å². The molecule has 0 spiro atoms. The summed E-state index contributed by atoms with van der Waals surface area (Å²) in [4.78, 5) is 19.4. The fourth-order valence-electron chi connectivity index (χ4n) is 3.13. The molecule has 10 heteroatoms. The van der Waals surface area contributed by atoms with Gasteiger partial charge in [0.25, 0.3) is 10.1 Å². The van der Waals surface area contributed by atoms with Crippen molar-refractivity contribution in [3.8, 4) is 11.5 Å². The summed E-state index contributed by atoms with van der Waals surface area (Å²) in [6, 6.07) is 18.4. The zero-order chi connectivity index (χ0) is 25.4. The number of carbonyl (C=O) groups is 1. The molecule has 0 atom stereocenters. The number of H-pyrrole nitrogens is 1. The van der Waals surface area contributed by atoms with E-state index < -0.39 is 16.1 Å². The number of imidazole rings is 1. The molecule has 3 aromatic carbocycles. The maximum atomic E-state index is 11.8. The monoisotopic (exact) mass is 496 g/mol. The van der Waals surface area contributed by atoms with E-state index in [-0.39, 0.29) is 4.90 Å². The first-order valence-corrected chi connectivity index (χ1v) is 11.7. The van der Waals surface area contributed by atoms with Gasteiger partial charge >= 0.3 is 5.97 Å². The minimum Gasteiger partial charge on any atom is -0.493 e. The van der Waals surface area contributed by atoms with Gasteiger partial charge in [-0.2, -0.15) is 8.42 Å². The Hall–Kier alpha value is -4.15. The summed E-state index contributed by atoms with van der Waals surface area (Å²) in [6.07, 6.45) is 3.74. The lowest BCUT2D eigenvalue weighted by Crippen LogP contribution is -2.01. The third-order valence-corrected chi connectivity index (χ3v) is 5.69. The smallest absolute Gasteiger partial charge is 0.340 e. The summed E-state index contributed by atoms with van der Waals surface area (Å²) in [5.74, 6) is 1.56. The number of hydrogen-bond donors (Lipinski definition) is 2. The van der Waals surface area contributed by atoms with Gasteiger partial charge in [0.15, 0.2) is 11.5 Å². The molecule has 0 aliphatic carbocycles. The standard InChI is InChI=1S/C19H18N2O4.C6H6O3S/c1-23-15-9-7-12(11-16(15)24-2)8-10-17-20-14-6-4-5-13(18(14)21-17)19(22)25-3;7-10(8,9)6-4-2-1-3-5-6/h4-11H,1-3H3,(H,20,21);1-5H,(H,7,8,9)/b10-8+;. The Labute approximate surface area is 202 Å². The van der Waals surface area contributed by atoms with Crippen molar-refractivity contribution in [2.45, 2.75) is 4.90 Å². The van der Waals surface area contributed by atoms with Crippen LogP contribution in [0.1, 0.15) is 21.7 Å². The zero-order valence-corrected chi connectivity index (χ0v) is 20.1. The summed E-state index contributed by atoms with van der Waals surface area (Å²) in [7, 11) is 0.544. The number of aromatic nitrogens is 2. The first kappa shape index (κ1) is 25.5. The van der Waals surface area contributed by atoms with Crippen molar-refractivity contribution in [3.05, 3.63) is 83.7 Å². The van der Waals surface area contributed by atoms with Crippen LogP contribution in [0.5, 0.6) is 11.5 Å². The predicted molar refractivity (Wildman–Crippen MR) is 132 cm³/mol. The van der Waals surface area contributed by atoms with E-state index in [2.05, 4.69) is 9.97 Å². The fourth-order valence-corrected chi connectivity index (χ4v) is 3.63. The van der Waals surface area contributed by atoms with Gasteiger partial charge in [-0.15, -0.1) is 0 Å². The maximum absolute atomic E-state index is 11.8. The SMILES string of the molecule is COC(=O)c1cccc2[nH]c(/C=C/c3ccc(OC)c(OC)c3)nc12.O=S(=O)(O)c1ccccc1. The van der Waals surface area contributed by atoms with Crippen molar-refractivity contribution in [1.82, 2.24) is 9.97 Å². The van der Waals surface area contributed by atoms with Crippen molar-refractivity contribution in [3.63, 3.8) is 0 Å². The van der Waals surface area contributed by atoms with E-state index in [9.17, 15) is 13.2 Å². The molecule has 0 fully saturated rings. The highest BCUT2D eigenvalue weighted by Gasteiger charge is 2.13. The first-order valence-electron chi connectivity index (χ1n) is 10.3. The largest absolute Gasteiger partial charge is 0.493 e. The summed E-state index contributed by atoms with van der Waals surface area (Å²) < 4.78 is 44.6. The predicted octanol–water partition coefficient (Wildman–Crippen LogP) is 4.47. The third-order valence-electron chi connectivity index (χ3n) is 4.82. The molecule has 1 heterocycles. The Bertz CT molecular complexity index is 1450. The van der Waals surface area contributed by atoms with Gasteiger partial charge in [0.05, 0.1) is 37.3 Å². The lowest BCUT2D eigenvalue weighted by molar-refractivity contribution is 0.0602. The number of benzene rings is 3. The van der Waals surface area contributed by atoms with Crippen molar-refractivity contribution in [1.29, 1.82) is 0 Å². The van der Waals surface area contributed by atoms with Gasteiger partial charge in [0.2, 0.25) is 0 Å². The van der Waals surface area contributed by atoms with Crippen molar-refractivity contribution < 1.29 is 32.0 Å². The van der Waals surface area contributed by atoms with Crippen LogP contribution in [0.2, 0.25) is 0 Å². The van der Waals surface area contributed by atoms with E-state index in [1.807, 2.05) is 36.4 Å². The molecule has 182 valence electrons. The Kier molecular flexibility index (Phi) is 8.24. The summed E-state index contributed by atoms with van der Waals surface area (Å²) >= 11 is 0. The van der Waals surface area contributed by atoms with Crippen molar-refractivity contribution >= 4 is 39.3 Å². The van der Waals surface area contributed by atoms with Gasteiger partial charge in [-0.25, -0.2) is 9.78 Å². The van der Waals surface area contributed by atoms with E-state index in [1.165, 1.54) is 19.2 Å². The van der Waals surface area contributed by atoms with Crippen molar-refractivity contribution in [2.75, 3.05) is 21.3 Å². The van der Waals surface area contributed by atoms with Gasteiger partial charge in [-0.1, -0.05) is 36.4 Å². The second-order valence-electron chi connectivity index (χ2n) is 7.05. The first-order chi connectivity index (χ1) is 16.8. The highest BCUT2D eigenvalue weighted by atomic mass is 32.2. The number of nitrogens with zero attached hydrogens (tertiary/aromatic N) is 1. The Morgan fingerprint density at radius 1 is 0.914 bits per heavy atom. The Morgan fingerprint density at radius 2 is 1.63 bits per heavy atom. The zero-order valence-electron chi connectivity index (χ0n) is 19.3. The van der Waals surface area contributed by atoms with Crippen molar-refractivity contribution in [2.24, 2.45) is 0 Å². The molecule has 0 bridgehead atoms. The molecule has 9 nitrogen and oxygen atoms in total. The normalized spacial score (nSPS) is 11.1. The van der Waals surface area contributed by atoms with Gasteiger partial charge in [0, 0.05) is 0 Å². The molecule has 0 radical (unpaired) electrons. The lowest BCUT2D eigenvalue weighted by Gasteiger charge is -2.07. The Balaban J connectivity index is 0.000000287. The molecule has 0 saturated heterocycles. The number of para-hydroxylation sites is 1. The summed E-state index contributed by atoms with van der Waals surface area (Å²) in [5, 5.41) is 0. The molecule has 35 heavy (non-hydrogen) atoms. The second-order valence-corrected chi connectivity index (χ2v) is 8.47. The van der Waals surface area contributed by atoms with Gasteiger partial charge in [-0.05, 0) is 48.0 Å². The van der Waals surface area contributed by atoms with E-state index >= 15 is 0 Å². The van der Waals surface area contributed by atoms with Gasteiger partial charge < -0.3 is 19.2 Å². The van der Waals surface area contributed by atoms with Crippen LogP contribution in [0, 0.1) is 0 Å². The molecule has 2 N–H and O–H groups in total. The van der Waals surface area contributed by atoms with Crippen LogP contribution < -0.4 is 9.47 Å². The molecule has 4 rings (SSSR count). The molecule has 0 aliphatic rings. The average Bonchev–Trinajstić information content (AvgIpc) is 3.30. The van der Waals surface area contributed by atoms with Gasteiger partial charge in [-0.3, -0.25) is 4.55 Å². The quantitative estimate of drug-likeness (QED) is 0.296. The molecule has 0 unspecified atom stereocenters. The van der Waals surface area contributed by atoms with E-state index in [4.69, 9.17) is 18.8 Å². The van der Waals surface area contributed by atoms with Crippen LogP contribution in [-0.2, 0) is 14.9 Å². The van der Waals surface area contributed by atoms with Crippen LogP contribution in [0.3, 0.4) is 0 Å². The molecular weight excluding hydrogens is 472 g/mol. The number of ether oxygens (including phenoxy) is 3. The number of carbonyl (C=O) groups excluding carboxylic acids is 1.